The highest BCUT2D eigenvalue weighted by atomic mass is 16.3. The minimum absolute atomic E-state index is 0.00815. The third-order valence-corrected chi connectivity index (χ3v) is 21.1. The average Bonchev–Trinajstić information content (AvgIpc) is 1.90. The van der Waals surface area contributed by atoms with Gasteiger partial charge in [-0.15, -0.1) is 16.4 Å². The highest BCUT2D eigenvalue weighted by Gasteiger charge is 2.50. The number of fused-ring (bicyclic) bond motifs is 8. The van der Waals surface area contributed by atoms with Crippen molar-refractivity contribution >= 4 is 135 Å². The Morgan fingerprint density at radius 1 is 0.432 bits per heavy atom. The summed E-state index contributed by atoms with van der Waals surface area (Å²) in [5.41, 5.74) is 33.3. The Bertz CT molecular complexity index is 3920. The number of furan rings is 1. The molecule has 0 unspecified atom stereocenters. The number of anilines is 6. The van der Waals surface area contributed by atoms with E-state index in [9.17, 15) is 0 Å². The van der Waals surface area contributed by atoms with Crippen LogP contribution >= 0.6 is 0 Å². The Morgan fingerprint density at radius 2 is 0.877 bits per heavy atom. The molecule has 81 heavy (non-hydrogen) atoms. The predicted octanol–water partition coefficient (Wildman–Crippen LogP) is 9.73. The van der Waals surface area contributed by atoms with E-state index >= 15 is 0 Å². The van der Waals surface area contributed by atoms with Gasteiger partial charge in [0.2, 0.25) is 0 Å². The average molecular weight is 1060 g/mol. The van der Waals surface area contributed by atoms with Crippen LogP contribution in [0.4, 0.5) is 34.1 Å². The fourth-order valence-corrected chi connectivity index (χ4v) is 14.9. The van der Waals surface area contributed by atoms with E-state index in [4.69, 9.17) is 4.42 Å². The van der Waals surface area contributed by atoms with Crippen LogP contribution in [0.15, 0.2) is 108 Å². The van der Waals surface area contributed by atoms with Crippen LogP contribution in [0.1, 0.15) is 182 Å². The maximum absolute atomic E-state index is 7.85. The van der Waals surface area contributed by atoms with E-state index in [0.29, 0.717) is 0 Å². The van der Waals surface area contributed by atoms with Crippen molar-refractivity contribution in [3.8, 4) is 22.3 Å². The van der Waals surface area contributed by atoms with Gasteiger partial charge in [0.05, 0.1) is 17.0 Å². The molecule has 0 N–H and O–H groups in total. The van der Waals surface area contributed by atoms with Crippen LogP contribution in [0, 0.1) is 0 Å². The molecule has 0 fully saturated rings. The molecule has 408 valence electrons. The summed E-state index contributed by atoms with van der Waals surface area (Å²) in [6.07, 6.45) is 4.54. The van der Waals surface area contributed by atoms with E-state index in [0.717, 1.165) is 42.6 Å². The number of hydrogen-bond acceptors (Lipinski definition) is 3. The molecular formula is C72H86B6N2O. The van der Waals surface area contributed by atoms with Gasteiger partial charge in [0.15, 0.2) is 0 Å². The number of hydrogen-bond donors (Lipinski definition) is 0. The summed E-state index contributed by atoms with van der Waals surface area (Å²) in [6.45, 7) is 40.6. The van der Waals surface area contributed by atoms with Crippen molar-refractivity contribution in [2.45, 2.75) is 181 Å². The standard InChI is InChI=1S/C72H86B6N2O/c1-66(2,3)41-20-18-39(19-21-41)45-34-43(68(7,8)9)24-27-52(45)80-53-37-49-48(70(12,13)29-30-71(49,14)15)36-51(53)78-63-54(32-40(33-55(63)80)57-58(73)60(75)62(77)61(76)59(57)74)79(44-25-22-42(23-26-44)67(4,5)6)64-46-35-47-50(38-56(46)81-65(64)78)72(16,17)31-28-69(47,10)11/h18-27,32-38H,28-31,73-77H2,1-17H3. The van der Waals surface area contributed by atoms with Crippen LogP contribution in [0.25, 0.3) is 33.2 Å². The van der Waals surface area contributed by atoms with Crippen LogP contribution in [0.2, 0.25) is 0 Å². The molecule has 2 aliphatic carbocycles. The lowest BCUT2D eigenvalue weighted by atomic mass is 9.35. The molecule has 3 heterocycles. The molecule has 7 aromatic carbocycles. The summed E-state index contributed by atoms with van der Waals surface area (Å²) < 4.78 is 7.85. The molecular weight excluding hydrogens is 974 g/mol. The van der Waals surface area contributed by atoms with E-state index in [2.05, 4.69) is 270 Å². The Kier molecular flexibility index (Phi) is 12.4. The van der Waals surface area contributed by atoms with E-state index < -0.39 is 0 Å². The molecule has 0 spiro atoms. The lowest BCUT2D eigenvalue weighted by Gasteiger charge is -2.47. The zero-order chi connectivity index (χ0) is 58.4. The van der Waals surface area contributed by atoms with Crippen molar-refractivity contribution in [1.82, 2.24) is 0 Å². The third kappa shape index (κ3) is 8.64. The second kappa shape index (κ2) is 18.0. The Labute approximate surface area is 492 Å². The summed E-state index contributed by atoms with van der Waals surface area (Å²) in [4.78, 5) is 5.37. The zero-order valence-electron chi connectivity index (χ0n) is 53.5. The van der Waals surface area contributed by atoms with Crippen molar-refractivity contribution in [2.75, 3.05) is 9.80 Å². The maximum atomic E-state index is 7.85. The SMILES string of the molecule is Bc1c(B)c(B)c(-c2cc3c4c(c2)N(c2ccc(C(C)(C)C)cc2)c2c(oc5cc6c(cc25)C(C)(C)CCC6(C)C)B4c2cc4c(cc2N3c2ccc(C(C)(C)C)cc2-c2ccc(C(C)(C)C)cc2)C(C)(C)CCC4(C)C)c(B)c1B. The molecule has 0 atom stereocenters. The van der Waals surface area contributed by atoms with Gasteiger partial charge >= 0.3 is 0 Å². The molecule has 0 saturated heterocycles. The lowest BCUT2D eigenvalue weighted by molar-refractivity contribution is 0.332. The second-order valence-corrected chi connectivity index (χ2v) is 31.3. The molecule has 9 heteroatoms. The lowest BCUT2D eigenvalue weighted by Crippen LogP contribution is -2.61. The van der Waals surface area contributed by atoms with Crippen molar-refractivity contribution < 1.29 is 4.42 Å². The van der Waals surface area contributed by atoms with Crippen LogP contribution in [-0.4, -0.2) is 45.9 Å². The first-order valence-electron chi connectivity index (χ1n) is 30.6. The van der Waals surface area contributed by atoms with Gasteiger partial charge in [-0.1, -0.05) is 177 Å². The van der Waals surface area contributed by atoms with Gasteiger partial charge in [-0.05, 0) is 185 Å². The van der Waals surface area contributed by atoms with Gasteiger partial charge < -0.3 is 14.2 Å². The van der Waals surface area contributed by atoms with Crippen molar-refractivity contribution in [3.05, 3.63) is 142 Å². The second-order valence-electron chi connectivity index (χ2n) is 31.3. The first-order valence-corrected chi connectivity index (χ1v) is 30.6. The first-order chi connectivity index (χ1) is 37.6. The van der Waals surface area contributed by atoms with Gasteiger partial charge in [-0.3, -0.25) is 0 Å². The fraction of sp³-hybridized carbons (Fsp3) is 0.389. The molecule has 0 radical (unpaired) electrons. The van der Waals surface area contributed by atoms with Crippen LogP contribution in [-0.2, 0) is 37.9 Å². The quantitative estimate of drug-likeness (QED) is 0.164. The van der Waals surface area contributed by atoms with E-state index in [1.54, 1.807) is 0 Å². The van der Waals surface area contributed by atoms with Gasteiger partial charge in [-0.2, -0.15) is 0 Å². The maximum Gasteiger partial charge on any atom is 0.297 e. The number of benzene rings is 7. The Balaban J connectivity index is 1.29. The summed E-state index contributed by atoms with van der Waals surface area (Å²) in [7, 11) is 11.7. The van der Waals surface area contributed by atoms with Crippen LogP contribution < -0.4 is 53.7 Å². The highest BCUT2D eigenvalue weighted by molar-refractivity contribution is 7.00. The van der Waals surface area contributed by atoms with E-state index in [-0.39, 0.29) is 44.6 Å². The minimum atomic E-state index is -0.195. The summed E-state index contributed by atoms with van der Waals surface area (Å²) in [5, 5.41) is 1.20. The highest BCUT2D eigenvalue weighted by Crippen LogP contribution is 2.55. The predicted molar refractivity (Wildman–Crippen MR) is 369 cm³/mol. The van der Waals surface area contributed by atoms with Crippen molar-refractivity contribution in [3.63, 3.8) is 0 Å². The normalized spacial score (nSPS) is 17.6. The molecule has 0 amide bonds. The first kappa shape index (κ1) is 55.6. The summed E-state index contributed by atoms with van der Waals surface area (Å²) in [5.74, 6) is 0. The largest absolute Gasteiger partial charge is 0.468 e. The van der Waals surface area contributed by atoms with Gasteiger partial charge in [0.1, 0.15) is 44.8 Å². The smallest absolute Gasteiger partial charge is 0.297 e. The molecule has 3 nitrogen and oxygen atoms in total. The molecule has 0 bridgehead atoms. The molecule has 2 aliphatic heterocycles. The molecule has 8 aromatic rings. The topological polar surface area (TPSA) is 19.6 Å². The fourth-order valence-electron chi connectivity index (χ4n) is 14.9. The summed E-state index contributed by atoms with van der Waals surface area (Å²) in [6, 6.07) is 42.0. The Hall–Kier alpha value is -5.93. The van der Waals surface area contributed by atoms with Crippen LogP contribution in [0.3, 0.4) is 0 Å². The number of rotatable bonds is 4. The van der Waals surface area contributed by atoms with E-state index in [1.165, 1.54) is 133 Å². The third-order valence-electron chi connectivity index (χ3n) is 21.1. The van der Waals surface area contributed by atoms with Gasteiger partial charge in [0.25, 0.3) is 6.71 Å². The minimum Gasteiger partial charge on any atom is -0.468 e. The molecule has 4 aliphatic rings. The van der Waals surface area contributed by atoms with Crippen molar-refractivity contribution in [1.29, 1.82) is 0 Å². The number of nitrogens with zero attached hydrogens (tertiary/aromatic N) is 2. The zero-order valence-corrected chi connectivity index (χ0v) is 53.5. The molecule has 0 saturated carbocycles. The Morgan fingerprint density at radius 3 is 1.40 bits per heavy atom. The van der Waals surface area contributed by atoms with E-state index in [1.807, 2.05) is 0 Å². The molecule has 12 rings (SSSR count). The van der Waals surface area contributed by atoms with Crippen molar-refractivity contribution in [2.24, 2.45) is 0 Å². The van der Waals surface area contributed by atoms with Gasteiger partial charge in [0, 0.05) is 33.7 Å². The monoisotopic (exact) mass is 1060 g/mol. The van der Waals surface area contributed by atoms with Gasteiger partial charge in [-0.25, -0.2) is 0 Å². The summed E-state index contributed by atoms with van der Waals surface area (Å²) >= 11 is 0. The van der Waals surface area contributed by atoms with Crippen LogP contribution in [0.5, 0.6) is 0 Å². The molecule has 1 aromatic heterocycles.